The van der Waals surface area contributed by atoms with Crippen LogP contribution in [0.5, 0.6) is 0 Å². The Morgan fingerprint density at radius 3 is 1.77 bits per heavy atom. The van der Waals surface area contributed by atoms with Crippen LogP contribution in [-0.4, -0.2) is 286 Å². The van der Waals surface area contributed by atoms with E-state index in [9.17, 15) is 82.1 Å². The number of hydrogen-bond acceptors (Lipinski definition) is 26. The number of aliphatic hydroxyl groups excluding tert-OH is 2. The van der Waals surface area contributed by atoms with Crippen LogP contribution in [0.25, 0.3) is 10.9 Å². The summed E-state index contributed by atoms with van der Waals surface area (Å²) in [5, 5.41) is 76.6. The highest BCUT2D eigenvalue weighted by Gasteiger charge is 2.38. The first-order chi connectivity index (χ1) is 66.8. The number of tetrazole rings is 1. The summed E-state index contributed by atoms with van der Waals surface area (Å²) >= 11 is 0. The molecule has 24 N–H and O–H groups in total. The van der Waals surface area contributed by atoms with Crippen LogP contribution in [-0.2, 0) is 110 Å². The molecule has 2 aromatic carbocycles. The van der Waals surface area contributed by atoms with Crippen LogP contribution in [0.3, 0.4) is 0 Å². The van der Waals surface area contributed by atoms with E-state index >= 15 is 9.59 Å². The minimum atomic E-state index is -1.91. The van der Waals surface area contributed by atoms with E-state index in [1.54, 1.807) is 67.5 Å². The number of aryl methyl sites for hydroxylation is 1. The first-order valence-electron chi connectivity index (χ1n) is 48.3. The number of fused-ring (bicyclic) bond motifs is 1. The molecular formula is C94H144N24O21. The van der Waals surface area contributed by atoms with Crippen molar-refractivity contribution in [3.8, 4) is 0 Å². The number of aromatic nitrogens is 5. The van der Waals surface area contributed by atoms with E-state index in [1.807, 2.05) is 18.2 Å². The lowest BCUT2D eigenvalue weighted by Crippen LogP contribution is -2.61. The van der Waals surface area contributed by atoms with Gasteiger partial charge in [0.05, 0.1) is 45.6 Å². The normalized spacial score (nSPS) is 18.1. The molecule has 0 saturated carbocycles. The second-order valence-corrected chi connectivity index (χ2v) is 34.9. The van der Waals surface area contributed by atoms with E-state index in [-0.39, 0.29) is 115 Å². The molecule has 6 rings (SSSR count). The SMILES string of the molecule is CCCC[C@H](NC(=O)[C@H](CO)NC(=O)[C@H](CC1=CCC=N1)NC(=O)[C@@H](CCC(N)=O)NC(=O)[C@H](CO)NC(=O)CNC(=O)COCCOCCN(C)C(=O)CCCCCCCCCCCCCCCc1nnn[nH]1)C(=O)N[C@H]1CCC(=O)CCCCC[C@@H](C(C)=O)NC(=O)[C@H](Cc2c[nH]c3ccccc23)NC(=O)[C@H](CCCNC(=N)N)NC(=O)[C@@H](Cc2ccccc2)NC(=O)[C@H](CCC(N)=O)NC1=O. The van der Waals surface area contributed by atoms with Crippen molar-refractivity contribution < 1.29 is 101 Å². The quantitative estimate of drug-likeness (QED) is 0.0154. The third-order valence-corrected chi connectivity index (χ3v) is 23.6. The van der Waals surface area contributed by atoms with Crippen molar-refractivity contribution in [3.63, 3.8) is 0 Å². The predicted octanol–water partition coefficient (Wildman–Crippen LogP) is -0.269. The number of ketones is 2. The molecule has 4 heterocycles. The number of allylic oxidation sites excluding steroid dienone is 1. The van der Waals surface area contributed by atoms with Crippen LogP contribution >= 0.6 is 0 Å². The summed E-state index contributed by atoms with van der Waals surface area (Å²) in [6, 6.07) is -2.08. The maximum absolute atomic E-state index is 15.0. The molecule has 2 aromatic heterocycles. The van der Waals surface area contributed by atoms with Gasteiger partial charge in [-0.05, 0) is 98.8 Å². The van der Waals surface area contributed by atoms with Gasteiger partial charge in [-0.15, -0.1) is 5.10 Å². The largest absolute Gasteiger partial charge is 0.394 e. The van der Waals surface area contributed by atoms with E-state index < -0.39 is 219 Å². The van der Waals surface area contributed by atoms with Crippen molar-refractivity contribution in [2.75, 3.05) is 66.3 Å². The molecule has 766 valence electrons. The Labute approximate surface area is 808 Å². The standard InChI is InChI=1S/C94H144N24O21/c1-4-5-34-68(84(128)107-70-41-40-64(122)32-21-18-22-35-66(60(2)121)104-90(134)74(53-62-55-101-67-36-26-25-33-65(62)67)111-85(129)69(37-28-47-100-94(97)98)105-89(133)73(52-61-29-19-17-20-30-61)110-87(131)71(108-86(70)130)42-44-78(95)123)106-93(137)77(58-120)113-91(135)75(54-63-31-27-46-99-63)112-88(132)72(43-45-79(96)124)109-92(136)76(57-119)103-81(125)56-102-82(126)59-139-51-50-138-49-48-118(3)83(127)39-24-16-14-12-10-8-6-7-9-11-13-15-23-38-80-114-116-117-115-80/h17,19-20,25-26,29-31,33,36,46,55,66,68-77,101,119-120H,4-16,18,21-24,27-28,32,34-35,37-45,47-54,56-59H2,1-3H3,(H2,95,123)(H2,96,124)(H,102,126)(H,103,125)(H,104,134)(H,105,133)(H,106,137)(H,107,128)(H,108,130)(H,109,136)(H,110,131)(H,111,129)(H,112,132)(H,113,135)(H4,97,98,100)(H,114,115,116,117)/t66-,68-,69-,70-,71-,72+,73+,74-,75-,76-,77-/m0/s1. The van der Waals surface area contributed by atoms with Gasteiger partial charge in [0, 0.05) is 113 Å². The van der Waals surface area contributed by atoms with E-state index in [2.05, 4.69) is 99.7 Å². The molecule has 4 aromatic rings. The number of amides is 15. The van der Waals surface area contributed by atoms with Crippen LogP contribution in [0.2, 0.25) is 0 Å². The van der Waals surface area contributed by atoms with Gasteiger partial charge < -0.3 is 116 Å². The lowest BCUT2D eigenvalue weighted by Gasteiger charge is -2.28. The Morgan fingerprint density at radius 2 is 1.14 bits per heavy atom. The van der Waals surface area contributed by atoms with Crippen LogP contribution in [0.1, 0.15) is 236 Å². The summed E-state index contributed by atoms with van der Waals surface area (Å²) in [5.41, 5.74) is 18.8. The summed E-state index contributed by atoms with van der Waals surface area (Å²) in [6.07, 6.45) is 19.0. The zero-order valence-corrected chi connectivity index (χ0v) is 80.0. The molecule has 45 nitrogen and oxygen atoms in total. The molecule has 1 fully saturated rings. The maximum atomic E-state index is 15.0. The Bertz CT molecular complexity index is 4690. The number of aliphatic hydroxyl groups is 2. The van der Waals surface area contributed by atoms with Gasteiger partial charge in [0.25, 0.3) is 0 Å². The number of carbonyl (C=O) groups excluding carboxylic acids is 17. The van der Waals surface area contributed by atoms with E-state index in [4.69, 9.17) is 32.1 Å². The number of likely N-dealkylation sites (N-methyl/N-ethyl adjacent to an activating group) is 1. The Kier molecular flexibility index (Phi) is 53.6. The van der Waals surface area contributed by atoms with Gasteiger partial charge in [-0.1, -0.05) is 158 Å². The maximum Gasteiger partial charge on any atom is 0.246 e. The van der Waals surface area contributed by atoms with Crippen LogP contribution in [0, 0.1) is 5.41 Å². The monoisotopic (exact) mass is 1950 g/mol. The number of primary amides is 2. The number of aliphatic imine (C=N–C) groups is 1. The number of hydrogen-bond donors (Lipinski definition) is 21. The van der Waals surface area contributed by atoms with Crippen LogP contribution in [0.15, 0.2) is 77.6 Å². The lowest BCUT2D eigenvalue weighted by molar-refractivity contribution is -0.137. The molecule has 2 aliphatic rings. The summed E-state index contributed by atoms with van der Waals surface area (Å²) < 4.78 is 11.0. The zero-order valence-electron chi connectivity index (χ0n) is 80.0. The third-order valence-electron chi connectivity index (χ3n) is 23.6. The van der Waals surface area contributed by atoms with Crippen molar-refractivity contribution >= 4 is 123 Å². The number of nitrogens with two attached hydrogens (primary N) is 3. The van der Waals surface area contributed by atoms with Crippen molar-refractivity contribution in [2.45, 2.75) is 305 Å². The third kappa shape index (κ3) is 45.4. The fourth-order valence-corrected chi connectivity index (χ4v) is 15.6. The first kappa shape index (κ1) is 115. The van der Waals surface area contributed by atoms with Gasteiger partial charge in [0.2, 0.25) is 88.6 Å². The summed E-state index contributed by atoms with van der Waals surface area (Å²) in [6.45, 7) is 0.343. The molecule has 1 saturated heterocycles. The van der Waals surface area contributed by atoms with Crippen LogP contribution < -0.4 is 86.3 Å². The summed E-state index contributed by atoms with van der Waals surface area (Å²) in [7, 11) is 1.71. The van der Waals surface area contributed by atoms with Crippen molar-refractivity contribution in [1.82, 2.24) is 99.6 Å². The van der Waals surface area contributed by atoms with E-state index in [0.29, 0.717) is 49.8 Å². The number of ether oxygens (including phenoxy) is 2. The highest BCUT2D eigenvalue weighted by molar-refractivity contribution is 6.01. The number of guanidine groups is 1. The first-order valence-corrected chi connectivity index (χ1v) is 48.3. The summed E-state index contributed by atoms with van der Waals surface area (Å²) in [4.78, 5) is 246. The average molecular weight is 1950 g/mol. The highest BCUT2D eigenvalue weighted by atomic mass is 16.5. The number of Topliss-reactive ketones (excluding diaryl/α,β-unsaturated/α-hetero) is 2. The number of para-hydroxylation sites is 1. The van der Waals surface area contributed by atoms with Crippen LogP contribution in [0.4, 0.5) is 0 Å². The van der Waals surface area contributed by atoms with E-state index in [1.165, 1.54) is 64.5 Å². The number of H-pyrrole nitrogens is 2. The second-order valence-electron chi connectivity index (χ2n) is 34.9. The molecule has 0 spiro atoms. The van der Waals surface area contributed by atoms with Gasteiger partial charge >= 0.3 is 0 Å². The van der Waals surface area contributed by atoms with Crippen molar-refractivity contribution in [2.24, 2.45) is 22.2 Å². The van der Waals surface area contributed by atoms with Gasteiger partial charge in [-0.25, -0.2) is 5.10 Å². The molecule has 139 heavy (non-hydrogen) atoms. The number of rotatable bonds is 59. The molecule has 0 aliphatic carbocycles. The van der Waals surface area contributed by atoms with E-state index in [0.717, 1.165) is 55.3 Å². The fourth-order valence-electron chi connectivity index (χ4n) is 15.6. The highest BCUT2D eigenvalue weighted by Crippen LogP contribution is 2.23. The average Bonchev–Trinajstić information content (AvgIpc) is 1.66. The Balaban J connectivity index is 1.08. The number of unbranched alkanes of at least 4 members (excludes halogenated alkanes) is 13. The van der Waals surface area contributed by atoms with Gasteiger partial charge in [0.1, 0.15) is 78.6 Å². The molecule has 2 aliphatic heterocycles. The molecule has 0 radical (unpaired) electrons. The van der Waals surface area contributed by atoms with Crippen molar-refractivity contribution in [1.29, 1.82) is 5.41 Å². The molecule has 0 unspecified atom stereocenters. The minimum Gasteiger partial charge on any atom is -0.394 e. The number of benzene rings is 2. The predicted molar refractivity (Wildman–Crippen MR) is 512 cm³/mol. The molecule has 0 bridgehead atoms. The summed E-state index contributed by atoms with van der Waals surface area (Å²) in [5.74, 6) is -14.3. The van der Waals surface area contributed by atoms with Crippen molar-refractivity contribution in [3.05, 3.63) is 89.5 Å². The zero-order chi connectivity index (χ0) is 101. The second kappa shape index (κ2) is 64.9. The smallest absolute Gasteiger partial charge is 0.246 e. The Morgan fingerprint density at radius 1 is 0.561 bits per heavy atom. The fraction of sp³-hybridized carbons (Fsp3) is 0.617. The number of nitrogens with one attached hydrogen (secondary N) is 16. The molecule has 15 amide bonds. The minimum absolute atomic E-state index is 0.0113. The van der Waals surface area contributed by atoms with Gasteiger partial charge in [-0.3, -0.25) is 91.9 Å². The molecule has 11 atom stereocenters. The topological polar surface area (TPSA) is 693 Å². The van der Waals surface area contributed by atoms with Gasteiger partial charge in [-0.2, -0.15) is 0 Å². The molecular weight excluding hydrogens is 1800 g/mol. The number of carbonyl (C=O) groups is 17. The molecule has 45 heteroatoms. The number of aromatic amines is 2. The Hall–Kier alpha value is -13.0. The van der Waals surface area contributed by atoms with Gasteiger partial charge in [0.15, 0.2) is 11.7 Å². The lowest BCUT2D eigenvalue weighted by atomic mass is 9.99. The number of nitrogens with zero attached hydrogens (tertiary/aromatic N) is 5.